The number of benzene rings is 1. The van der Waals surface area contributed by atoms with E-state index in [4.69, 9.17) is 15.0 Å². The molecule has 1 aliphatic heterocycles. The van der Waals surface area contributed by atoms with E-state index < -0.39 is 0 Å². The lowest BCUT2D eigenvalue weighted by molar-refractivity contribution is 0.0937. The number of ether oxygens (including phenoxy) is 1. The van der Waals surface area contributed by atoms with Crippen molar-refractivity contribution >= 4 is 33.3 Å². The average molecular weight is 438 g/mol. The molecule has 0 bridgehead atoms. The minimum Gasteiger partial charge on any atom is -0.376 e. The van der Waals surface area contributed by atoms with Gasteiger partial charge in [0.05, 0.1) is 29.7 Å². The smallest absolute Gasteiger partial charge is 0.263 e. The predicted molar refractivity (Wildman–Crippen MR) is 120 cm³/mol. The molecule has 1 atom stereocenters. The van der Waals surface area contributed by atoms with Crippen LogP contribution in [0.25, 0.3) is 10.2 Å². The van der Waals surface area contributed by atoms with E-state index >= 15 is 0 Å². The summed E-state index contributed by atoms with van der Waals surface area (Å²) >= 11 is 3.27. The number of nitrogens with zero attached hydrogens (tertiary/aromatic N) is 3. The van der Waals surface area contributed by atoms with E-state index in [2.05, 4.69) is 6.07 Å². The van der Waals surface area contributed by atoms with Crippen LogP contribution in [0.1, 0.15) is 47.3 Å². The molecule has 5 nitrogen and oxygen atoms in total. The molecule has 1 unspecified atom stereocenters. The van der Waals surface area contributed by atoms with Gasteiger partial charge < -0.3 is 4.74 Å². The molecule has 0 saturated carbocycles. The van der Waals surface area contributed by atoms with E-state index in [1.54, 1.807) is 23.1 Å². The Hall–Kier alpha value is -2.14. The third-order valence-electron chi connectivity index (χ3n) is 5.87. The second kappa shape index (κ2) is 8.54. The highest BCUT2D eigenvalue weighted by Gasteiger charge is 2.24. The van der Waals surface area contributed by atoms with E-state index in [0.717, 1.165) is 59.6 Å². The van der Waals surface area contributed by atoms with Crippen LogP contribution in [0.2, 0.25) is 0 Å². The molecule has 30 heavy (non-hydrogen) atoms. The fourth-order valence-electron chi connectivity index (χ4n) is 4.36. The minimum absolute atomic E-state index is 0.0812. The molecular formula is C23H23N3O2S2. The number of fused-ring (bicyclic) bond motifs is 3. The van der Waals surface area contributed by atoms with E-state index in [-0.39, 0.29) is 11.7 Å². The van der Waals surface area contributed by atoms with Crippen LogP contribution in [0.5, 0.6) is 0 Å². The fraction of sp³-hybridized carbons (Fsp3) is 0.435. The first-order valence-corrected chi connectivity index (χ1v) is 12.3. The van der Waals surface area contributed by atoms with Crippen LogP contribution in [0, 0.1) is 11.3 Å². The van der Waals surface area contributed by atoms with Gasteiger partial charge in [-0.1, -0.05) is 23.9 Å². The lowest BCUT2D eigenvalue weighted by Gasteiger charge is -2.16. The van der Waals surface area contributed by atoms with Crippen molar-refractivity contribution in [3.8, 4) is 6.07 Å². The number of thioether (sulfide) groups is 1. The molecule has 0 radical (unpaired) electrons. The van der Waals surface area contributed by atoms with Crippen molar-refractivity contribution in [1.29, 1.82) is 5.26 Å². The van der Waals surface area contributed by atoms with Crippen molar-refractivity contribution in [2.75, 3.05) is 6.61 Å². The van der Waals surface area contributed by atoms with Crippen LogP contribution in [0.4, 0.5) is 0 Å². The number of aryl methyl sites for hydroxylation is 2. The number of rotatable bonds is 5. The molecule has 3 aromatic rings. The molecule has 7 heteroatoms. The Bertz CT molecular complexity index is 1190. The number of hydrogen-bond donors (Lipinski definition) is 0. The Kier molecular flexibility index (Phi) is 5.64. The summed E-state index contributed by atoms with van der Waals surface area (Å²) < 4.78 is 7.68. The fourth-order valence-corrected chi connectivity index (χ4v) is 6.62. The molecule has 3 heterocycles. The predicted octanol–water partition coefficient (Wildman–Crippen LogP) is 4.68. The molecule has 0 N–H and O–H groups in total. The third-order valence-corrected chi connectivity index (χ3v) is 8.11. The lowest BCUT2D eigenvalue weighted by Crippen LogP contribution is -2.29. The molecule has 2 aromatic heterocycles. The summed E-state index contributed by atoms with van der Waals surface area (Å²) in [6.45, 7) is 1.33. The molecule has 1 saturated heterocycles. The van der Waals surface area contributed by atoms with Gasteiger partial charge in [-0.3, -0.25) is 9.36 Å². The number of nitriles is 1. The minimum atomic E-state index is 0.0812. The quantitative estimate of drug-likeness (QED) is 0.428. The molecule has 1 aromatic carbocycles. The summed E-state index contributed by atoms with van der Waals surface area (Å²) in [6, 6.07) is 9.81. The van der Waals surface area contributed by atoms with Gasteiger partial charge in [0.2, 0.25) is 0 Å². The largest absolute Gasteiger partial charge is 0.376 e. The second-order valence-corrected chi connectivity index (χ2v) is 9.96. The van der Waals surface area contributed by atoms with Crippen molar-refractivity contribution in [3.05, 3.63) is 56.2 Å². The van der Waals surface area contributed by atoms with Gasteiger partial charge in [-0.05, 0) is 61.8 Å². The highest BCUT2D eigenvalue weighted by atomic mass is 32.2. The van der Waals surface area contributed by atoms with Gasteiger partial charge in [-0.25, -0.2) is 4.98 Å². The van der Waals surface area contributed by atoms with E-state index in [1.807, 2.05) is 28.8 Å². The van der Waals surface area contributed by atoms with Crippen LogP contribution < -0.4 is 5.56 Å². The molecule has 1 fully saturated rings. The monoisotopic (exact) mass is 437 g/mol. The SMILES string of the molecule is N#Cc1cccc(CSc2nc3sc4c(c3c(=O)n2CC2CCCO2)CCCC4)c1. The Morgan fingerprint density at radius 1 is 1.30 bits per heavy atom. The molecule has 1 aliphatic carbocycles. The normalized spacial score (nSPS) is 18.4. The van der Waals surface area contributed by atoms with E-state index in [0.29, 0.717) is 17.9 Å². The average Bonchev–Trinajstić information content (AvgIpc) is 3.42. The maximum Gasteiger partial charge on any atom is 0.263 e. The van der Waals surface area contributed by atoms with Crippen LogP contribution >= 0.6 is 23.1 Å². The van der Waals surface area contributed by atoms with E-state index in [9.17, 15) is 4.79 Å². The van der Waals surface area contributed by atoms with Gasteiger partial charge in [-0.15, -0.1) is 11.3 Å². The maximum absolute atomic E-state index is 13.6. The zero-order valence-corrected chi connectivity index (χ0v) is 18.4. The highest BCUT2D eigenvalue weighted by molar-refractivity contribution is 7.98. The van der Waals surface area contributed by atoms with Crippen molar-refractivity contribution in [3.63, 3.8) is 0 Å². The Morgan fingerprint density at radius 2 is 2.20 bits per heavy atom. The Morgan fingerprint density at radius 3 is 3.03 bits per heavy atom. The van der Waals surface area contributed by atoms with Gasteiger partial charge in [0.1, 0.15) is 4.83 Å². The Balaban J connectivity index is 1.54. The first-order chi connectivity index (χ1) is 14.7. The summed E-state index contributed by atoms with van der Waals surface area (Å²) in [5, 5.41) is 10.7. The number of thiophene rings is 1. The van der Waals surface area contributed by atoms with E-state index in [1.165, 1.54) is 16.9 Å². The summed E-state index contributed by atoms with van der Waals surface area (Å²) in [6.07, 6.45) is 6.51. The number of hydrogen-bond acceptors (Lipinski definition) is 6. The zero-order valence-electron chi connectivity index (χ0n) is 16.7. The lowest BCUT2D eigenvalue weighted by atomic mass is 9.97. The zero-order chi connectivity index (χ0) is 20.5. The maximum atomic E-state index is 13.6. The van der Waals surface area contributed by atoms with Gasteiger partial charge in [0.25, 0.3) is 5.56 Å². The standard InChI is InChI=1S/C23H23N3O2S2/c24-12-15-5-3-6-16(11-15)14-29-23-25-21-20(18-8-1-2-9-19(18)30-21)22(27)26(23)13-17-7-4-10-28-17/h3,5-6,11,17H,1-2,4,7-10,13-14H2. The summed E-state index contributed by atoms with van der Waals surface area (Å²) in [5.41, 5.74) is 3.03. The van der Waals surface area contributed by atoms with Crippen molar-refractivity contribution in [1.82, 2.24) is 9.55 Å². The molecule has 2 aliphatic rings. The molecule has 0 amide bonds. The summed E-state index contributed by atoms with van der Waals surface area (Å²) in [4.78, 5) is 20.8. The Labute approximate surface area is 183 Å². The molecular weight excluding hydrogens is 414 g/mol. The summed E-state index contributed by atoms with van der Waals surface area (Å²) in [7, 11) is 0. The molecule has 0 spiro atoms. The van der Waals surface area contributed by atoms with Crippen LogP contribution in [-0.4, -0.2) is 22.3 Å². The van der Waals surface area contributed by atoms with Gasteiger partial charge >= 0.3 is 0 Å². The van der Waals surface area contributed by atoms with Crippen molar-refractivity contribution < 1.29 is 4.74 Å². The first kappa shape index (κ1) is 19.8. The van der Waals surface area contributed by atoms with Crippen LogP contribution in [0.15, 0.2) is 34.2 Å². The van der Waals surface area contributed by atoms with Crippen molar-refractivity contribution in [2.45, 2.75) is 62.1 Å². The second-order valence-electron chi connectivity index (χ2n) is 7.94. The summed E-state index contributed by atoms with van der Waals surface area (Å²) in [5.74, 6) is 0.671. The van der Waals surface area contributed by atoms with Gasteiger partial charge in [0.15, 0.2) is 5.16 Å². The molecule has 5 rings (SSSR count). The number of aromatic nitrogens is 2. The topological polar surface area (TPSA) is 67.9 Å². The van der Waals surface area contributed by atoms with Crippen molar-refractivity contribution in [2.24, 2.45) is 0 Å². The van der Waals surface area contributed by atoms with Gasteiger partial charge in [0, 0.05) is 17.2 Å². The highest BCUT2D eigenvalue weighted by Crippen LogP contribution is 2.35. The van der Waals surface area contributed by atoms with Gasteiger partial charge in [-0.2, -0.15) is 5.26 Å². The molecule has 154 valence electrons. The van der Waals surface area contributed by atoms with Crippen LogP contribution in [-0.2, 0) is 29.9 Å². The third kappa shape index (κ3) is 3.80. The van der Waals surface area contributed by atoms with Crippen LogP contribution in [0.3, 0.4) is 0 Å². The first-order valence-electron chi connectivity index (χ1n) is 10.5.